The van der Waals surface area contributed by atoms with E-state index in [1.165, 1.54) is 30.9 Å². The molecule has 1 amide bonds. The normalized spacial score (nSPS) is 16.2. The molecule has 0 radical (unpaired) electrons. The zero-order valence-corrected chi connectivity index (χ0v) is 10.8. The minimum absolute atomic E-state index is 0.0609. The number of benzene rings is 1. The van der Waals surface area contributed by atoms with Crippen LogP contribution in [0.5, 0.6) is 0 Å². The topological polar surface area (TPSA) is 20.3 Å². The number of amides is 1. The van der Waals surface area contributed by atoms with Crippen LogP contribution in [0.3, 0.4) is 0 Å². The summed E-state index contributed by atoms with van der Waals surface area (Å²) in [6.07, 6.45) is 7.48. The minimum atomic E-state index is 0.0609. The second kappa shape index (κ2) is 6.39. The van der Waals surface area contributed by atoms with E-state index in [9.17, 15) is 4.79 Å². The van der Waals surface area contributed by atoms with Gasteiger partial charge in [0, 0.05) is 12.6 Å². The zero-order valence-electron chi connectivity index (χ0n) is 10.8. The Bertz CT molecular complexity index is 393. The van der Waals surface area contributed by atoms with E-state index in [0.717, 1.165) is 12.8 Å². The van der Waals surface area contributed by atoms with Gasteiger partial charge in [-0.15, -0.1) is 0 Å². The highest BCUT2D eigenvalue weighted by Gasteiger charge is 2.23. The fourth-order valence-corrected chi connectivity index (χ4v) is 2.68. The SMILES string of the molecule is C=CC(=O)N(Cc1ccccc1)C1CCCCC1. The van der Waals surface area contributed by atoms with E-state index in [-0.39, 0.29) is 5.91 Å². The molecule has 0 unspecified atom stereocenters. The maximum Gasteiger partial charge on any atom is 0.246 e. The molecule has 0 aromatic heterocycles. The third-order valence-corrected chi connectivity index (χ3v) is 3.67. The summed E-state index contributed by atoms with van der Waals surface area (Å²) in [5.74, 6) is 0.0609. The third-order valence-electron chi connectivity index (χ3n) is 3.67. The van der Waals surface area contributed by atoms with Crippen molar-refractivity contribution in [3.63, 3.8) is 0 Å². The maximum atomic E-state index is 12.0. The van der Waals surface area contributed by atoms with E-state index in [2.05, 4.69) is 18.7 Å². The standard InChI is InChI=1S/C16H21NO/c1-2-16(18)17(15-11-7-4-8-12-15)13-14-9-5-3-6-10-14/h2-3,5-6,9-10,15H,1,4,7-8,11-13H2. The van der Waals surface area contributed by atoms with E-state index in [0.29, 0.717) is 12.6 Å². The van der Waals surface area contributed by atoms with E-state index in [1.54, 1.807) is 0 Å². The van der Waals surface area contributed by atoms with Gasteiger partial charge in [-0.05, 0) is 24.5 Å². The third kappa shape index (κ3) is 3.22. The van der Waals surface area contributed by atoms with Crippen molar-refractivity contribution in [2.45, 2.75) is 44.7 Å². The Labute approximate surface area is 109 Å². The van der Waals surface area contributed by atoms with Gasteiger partial charge in [-0.3, -0.25) is 4.79 Å². The molecule has 1 aromatic rings. The van der Waals surface area contributed by atoms with Gasteiger partial charge in [-0.2, -0.15) is 0 Å². The first-order valence-electron chi connectivity index (χ1n) is 6.78. The van der Waals surface area contributed by atoms with E-state index in [4.69, 9.17) is 0 Å². The average Bonchev–Trinajstić information content (AvgIpc) is 2.46. The van der Waals surface area contributed by atoms with Crippen molar-refractivity contribution in [2.24, 2.45) is 0 Å². The number of hydrogen-bond donors (Lipinski definition) is 0. The van der Waals surface area contributed by atoms with E-state index >= 15 is 0 Å². The molecular weight excluding hydrogens is 222 g/mol. The fraction of sp³-hybridized carbons (Fsp3) is 0.438. The highest BCUT2D eigenvalue weighted by Crippen LogP contribution is 2.24. The molecule has 96 valence electrons. The molecule has 0 spiro atoms. The van der Waals surface area contributed by atoms with Crippen molar-refractivity contribution in [1.29, 1.82) is 0 Å². The summed E-state index contributed by atoms with van der Waals surface area (Å²) in [7, 11) is 0. The van der Waals surface area contributed by atoms with Crippen LogP contribution in [0.1, 0.15) is 37.7 Å². The number of carbonyl (C=O) groups is 1. The Morgan fingerprint density at radius 3 is 2.50 bits per heavy atom. The molecule has 1 aliphatic rings. The molecule has 2 rings (SSSR count). The van der Waals surface area contributed by atoms with Crippen LogP contribution in [0.4, 0.5) is 0 Å². The lowest BCUT2D eigenvalue weighted by Crippen LogP contribution is -2.40. The first-order valence-corrected chi connectivity index (χ1v) is 6.78. The summed E-state index contributed by atoms with van der Waals surface area (Å²) in [5, 5.41) is 0. The van der Waals surface area contributed by atoms with Crippen LogP contribution >= 0.6 is 0 Å². The van der Waals surface area contributed by atoms with Gasteiger partial charge in [0.2, 0.25) is 5.91 Å². The predicted molar refractivity (Wildman–Crippen MR) is 74.1 cm³/mol. The van der Waals surface area contributed by atoms with Crippen molar-refractivity contribution in [3.05, 3.63) is 48.6 Å². The largest absolute Gasteiger partial charge is 0.332 e. The van der Waals surface area contributed by atoms with Crippen molar-refractivity contribution >= 4 is 5.91 Å². The molecule has 1 aliphatic carbocycles. The molecule has 0 aliphatic heterocycles. The first kappa shape index (κ1) is 12.9. The first-order chi connectivity index (χ1) is 8.81. The molecule has 0 bridgehead atoms. The molecule has 0 atom stereocenters. The van der Waals surface area contributed by atoms with Gasteiger partial charge < -0.3 is 4.90 Å². The van der Waals surface area contributed by atoms with E-state index in [1.807, 2.05) is 23.1 Å². The molecule has 1 aromatic carbocycles. The summed E-state index contributed by atoms with van der Waals surface area (Å²) in [4.78, 5) is 14.0. The van der Waals surface area contributed by atoms with Crippen LogP contribution in [-0.4, -0.2) is 16.8 Å². The average molecular weight is 243 g/mol. The maximum absolute atomic E-state index is 12.0. The molecule has 1 saturated carbocycles. The second-order valence-corrected chi connectivity index (χ2v) is 4.95. The smallest absolute Gasteiger partial charge is 0.246 e. The van der Waals surface area contributed by atoms with Gasteiger partial charge >= 0.3 is 0 Å². The summed E-state index contributed by atoms with van der Waals surface area (Å²) in [6, 6.07) is 10.6. The van der Waals surface area contributed by atoms with Gasteiger partial charge in [-0.1, -0.05) is 56.2 Å². The molecule has 0 N–H and O–H groups in total. The fourth-order valence-electron chi connectivity index (χ4n) is 2.68. The lowest BCUT2D eigenvalue weighted by Gasteiger charge is -2.33. The van der Waals surface area contributed by atoms with Crippen LogP contribution in [-0.2, 0) is 11.3 Å². The lowest BCUT2D eigenvalue weighted by molar-refractivity contribution is -0.129. The molecule has 2 heteroatoms. The summed E-state index contributed by atoms with van der Waals surface area (Å²) in [6.45, 7) is 4.33. The minimum Gasteiger partial charge on any atom is -0.332 e. The number of nitrogens with zero attached hydrogens (tertiary/aromatic N) is 1. The van der Waals surface area contributed by atoms with Crippen molar-refractivity contribution < 1.29 is 4.79 Å². The van der Waals surface area contributed by atoms with Crippen molar-refractivity contribution in [2.75, 3.05) is 0 Å². The summed E-state index contributed by atoms with van der Waals surface area (Å²) < 4.78 is 0. The molecule has 18 heavy (non-hydrogen) atoms. The van der Waals surface area contributed by atoms with Gasteiger partial charge in [0.25, 0.3) is 0 Å². The van der Waals surface area contributed by atoms with Crippen LogP contribution < -0.4 is 0 Å². The van der Waals surface area contributed by atoms with Gasteiger partial charge in [0.15, 0.2) is 0 Å². The molecule has 2 nitrogen and oxygen atoms in total. The van der Waals surface area contributed by atoms with Crippen LogP contribution in [0, 0.1) is 0 Å². The number of rotatable bonds is 4. The zero-order chi connectivity index (χ0) is 12.8. The predicted octanol–water partition coefficient (Wildman–Crippen LogP) is 3.53. The van der Waals surface area contributed by atoms with Gasteiger partial charge in [0.1, 0.15) is 0 Å². The van der Waals surface area contributed by atoms with Gasteiger partial charge in [-0.25, -0.2) is 0 Å². The molecule has 0 saturated heterocycles. The Morgan fingerprint density at radius 2 is 1.89 bits per heavy atom. The van der Waals surface area contributed by atoms with Crippen LogP contribution in [0.15, 0.2) is 43.0 Å². The molecular formula is C16H21NO. The Kier molecular flexibility index (Phi) is 4.57. The van der Waals surface area contributed by atoms with E-state index < -0.39 is 0 Å². The summed E-state index contributed by atoms with van der Waals surface area (Å²) >= 11 is 0. The molecule has 1 fully saturated rings. The highest BCUT2D eigenvalue weighted by atomic mass is 16.2. The summed E-state index contributed by atoms with van der Waals surface area (Å²) in [5.41, 5.74) is 1.19. The lowest BCUT2D eigenvalue weighted by atomic mass is 9.93. The van der Waals surface area contributed by atoms with Crippen LogP contribution in [0.25, 0.3) is 0 Å². The number of hydrogen-bond acceptors (Lipinski definition) is 1. The monoisotopic (exact) mass is 243 g/mol. The Balaban J connectivity index is 2.09. The molecule has 0 heterocycles. The van der Waals surface area contributed by atoms with Crippen molar-refractivity contribution in [3.8, 4) is 0 Å². The van der Waals surface area contributed by atoms with Gasteiger partial charge in [0.05, 0.1) is 0 Å². The van der Waals surface area contributed by atoms with Crippen LogP contribution in [0.2, 0.25) is 0 Å². The number of carbonyl (C=O) groups excluding carboxylic acids is 1. The Morgan fingerprint density at radius 1 is 1.22 bits per heavy atom. The second-order valence-electron chi connectivity index (χ2n) is 4.95. The highest BCUT2D eigenvalue weighted by molar-refractivity contribution is 5.87. The Hall–Kier alpha value is -1.57. The van der Waals surface area contributed by atoms with Crippen molar-refractivity contribution in [1.82, 2.24) is 4.90 Å². The quantitative estimate of drug-likeness (QED) is 0.741.